The van der Waals surface area contributed by atoms with Crippen LogP contribution in [0.4, 0.5) is 9.59 Å². The Morgan fingerprint density at radius 3 is 1.95 bits per heavy atom. The fourth-order valence-corrected chi connectivity index (χ4v) is 3.09. The van der Waals surface area contributed by atoms with Crippen LogP contribution >= 0.6 is 12.6 Å². The van der Waals surface area contributed by atoms with Crippen LogP contribution in [0, 0.1) is 5.41 Å². The number of hydrogen-bond donors (Lipinski definition) is 5. The van der Waals surface area contributed by atoms with Crippen molar-refractivity contribution in [2.45, 2.75) is 58.3 Å². The molecule has 42 heavy (non-hydrogen) atoms. The number of alkyl carbamates (subject to hydrolysis) is 1. The number of esters is 2. The number of likely N-dealkylation sites (N-methyl/N-ethyl adjacent to an activating group) is 1. The second-order valence-corrected chi connectivity index (χ2v) is 9.27. The number of thiol groups is 1. The molecule has 0 aliphatic carbocycles. The van der Waals surface area contributed by atoms with Crippen molar-refractivity contribution < 1.29 is 28.7 Å². The average molecular weight is 606 g/mol. The van der Waals surface area contributed by atoms with E-state index in [1.165, 1.54) is 7.05 Å². The zero-order chi connectivity index (χ0) is 31.3. The SMILES string of the molecule is CC/C=C\C/C=C\C/C=C\C/C=C\C/C=C\CCCC(=O)OC(=O)CN(C)C(=N)NC(=O)NCCOC(=O)NCCS. The van der Waals surface area contributed by atoms with Gasteiger partial charge in [-0.15, -0.1) is 0 Å². The summed E-state index contributed by atoms with van der Waals surface area (Å²) < 4.78 is 9.61. The van der Waals surface area contributed by atoms with Crippen LogP contribution in [0.2, 0.25) is 0 Å². The minimum Gasteiger partial charge on any atom is -0.448 e. The van der Waals surface area contributed by atoms with Gasteiger partial charge < -0.3 is 25.0 Å². The van der Waals surface area contributed by atoms with Crippen LogP contribution in [0.5, 0.6) is 0 Å². The van der Waals surface area contributed by atoms with Crippen LogP contribution < -0.4 is 16.0 Å². The van der Waals surface area contributed by atoms with E-state index in [2.05, 4.69) is 84.1 Å². The monoisotopic (exact) mass is 605 g/mol. The van der Waals surface area contributed by atoms with Crippen LogP contribution in [0.15, 0.2) is 60.8 Å². The number of amides is 3. The number of rotatable bonds is 20. The summed E-state index contributed by atoms with van der Waals surface area (Å²) in [5.41, 5.74) is 0. The van der Waals surface area contributed by atoms with Crippen molar-refractivity contribution in [3.05, 3.63) is 60.8 Å². The molecule has 0 aromatic carbocycles. The van der Waals surface area contributed by atoms with Gasteiger partial charge in [-0.05, 0) is 44.9 Å². The number of carbonyl (C=O) groups excluding carboxylic acids is 4. The van der Waals surface area contributed by atoms with Gasteiger partial charge in [0.1, 0.15) is 13.2 Å². The molecule has 0 fully saturated rings. The minimum atomic E-state index is -0.829. The summed E-state index contributed by atoms with van der Waals surface area (Å²) in [4.78, 5) is 48.1. The number of urea groups is 1. The quantitative estimate of drug-likeness (QED) is 0.0254. The van der Waals surface area contributed by atoms with Crippen LogP contribution in [-0.4, -0.2) is 74.0 Å². The Labute approximate surface area is 255 Å². The Morgan fingerprint density at radius 2 is 1.38 bits per heavy atom. The van der Waals surface area contributed by atoms with Crippen molar-refractivity contribution in [2.24, 2.45) is 0 Å². The first kappa shape index (κ1) is 38.2. The molecule has 234 valence electrons. The van der Waals surface area contributed by atoms with Gasteiger partial charge in [0, 0.05) is 25.8 Å². The van der Waals surface area contributed by atoms with Gasteiger partial charge in [-0.3, -0.25) is 15.5 Å². The number of carbonyl (C=O) groups is 4. The molecular weight excluding hydrogens is 558 g/mol. The fourth-order valence-electron chi connectivity index (χ4n) is 2.98. The normalized spacial score (nSPS) is 11.5. The van der Waals surface area contributed by atoms with E-state index in [-0.39, 0.29) is 25.5 Å². The maximum absolute atomic E-state index is 12.0. The number of allylic oxidation sites excluding steroid dienone is 10. The highest BCUT2D eigenvalue weighted by molar-refractivity contribution is 7.80. The third kappa shape index (κ3) is 25.2. The lowest BCUT2D eigenvalue weighted by molar-refractivity contribution is -0.159. The summed E-state index contributed by atoms with van der Waals surface area (Å²) in [7, 11) is 1.39. The number of nitrogens with zero attached hydrogens (tertiary/aromatic N) is 1. The molecule has 0 atom stereocenters. The number of unbranched alkanes of at least 4 members (excludes halogenated alkanes) is 1. The van der Waals surface area contributed by atoms with E-state index in [0.29, 0.717) is 25.1 Å². The molecule has 0 aliphatic heterocycles. The molecule has 0 rings (SSSR count). The van der Waals surface area contributed by atoms with E-state index in [1.54, 1.807) is 0 Å². The van der Waals surface area contributed by atoms with Gasteiger partial charge in [-0.25, -0.2) is 14.4 Å². The van der Waals surface area contributed by atoms with Crippen molar-refractivity contribution in [1.82, 2.24) is 20.9 Å². The molecule has 0 saturated carbocycles. The van der Waals surface area contributed by atoms with Crippen LogP contribution in [0.3, 0.4) is 0 Å². The van der Waals surface area contributed by atoms with Gasteiger partial charge in [0.25, 0.3) is 0 Å². The zero-order valence-corrected chi connectivity index (χ0v) is 25.7. The van der Waals surface area contributed by atoms with Crippen molar-refractivity contribution in [1.29, 1.82) is 5.41 Å². The first-order valence-corrected chi connectivity index (χ1v) is 14.8. The highest BCUT2D eigenvalue weighted by Crippen LogP contribution is 2.02. The van der Waals surface area contributed by atoms with Gasteiger partial charge in [0.2, 0.25) is 0 Å². The summed E-state index contributed by atoms with van der Waals surface area (Å²) in [5.74, 6) is -1.37. The molecule has 11 nitrogen and oxygen atoms in total. The van der Waals surface area contributed by atoms with Crippen molar-refractivity contribution in [2.75, 3.05) is 39.0 Å². The second kappa shape index (κ2) is 27.4. The van der Waals surface area contributed by atoms with Crippen LogP contribution in [-0.2, 0) is 19.1 Å². The third-order valence-corrected chi connectivity index (χ3v) is 5.34. The smallest absolute Gasteiger partial charge is 0.407 e. The van der Waals surface area contributed by atoms with Gasteiger partial charge in [-0.2, -0.15) is 12.6 Å². The van der Waals surface area contributed by atoms with Crippen molar-refractivity contribution >= 4 is 42.7 Å². The highest BCUT2D eigenvalue weighted by Gasteiger charge is 2.16. The fraction of sp³-hybridized carbons (Fsp3) is 0.500. The standard InChI is InChI=1S/C30H47N5O6S/c1-3-4-5-6-7-8-9-10-11-12-13-14-15-16-17-18-19-20-26(36)41-27(37)25-35(2)28(31)34-29(38)32-21-23-40-30(39)33-22-24-42/h4-5,7-8,10-11,13-14,16-17,42H,3,6,9,12,15,18-25H2,1-2H3,(H,33,39)(H3,31,32,34,38)/b5-4-,8-7-,11-10-,14-13-,17-16-. The molecule has 0 aromatic rings. The number of ether oxygens (including phenoxy) is 2. The Balaban J connectivity index is 3.92. The van der Waals surface area contributed by atoms with Crippen LogP contribution in [0.1, 0.15) is 58.3 Å². The van der Waals surface area contributed by atoms with E-state index < -0.39 is 30.6 Å². The average Bonchev–Trinajstić information content (AvgIpc) is 2.95. The summed E-state index contributed by atoms with van der Waals surface area (Å²) in [6.07, 6.45) is 26.6. The van der Waals surface area contributed by atoms with Crippen LogP contribution in [0.25, 0.3) is 0 Å². The number of nitrogens with one attached hydrogen (secondary N) is 4. The van der Waals surface area contributed by atoms with Gasteiger partial charge >= 0.3 is 24.1 Å². The van der Waals surface area contributed by atoms with Crippen molar-refractivity contribution in [3.8, 4) is 0 Å². The number of hydrogen-bond acceptors (Lipinski definition) is 8. The molecule has 3 amide bonds. The van der Waals surface area contributed by atoms with E-state index in [9.17, 15) is 19.2 Å². The molecule has 0 aromatic heterocycles. The van der Waals surface area contributed by atoms with Gasteiger partial charge in [-0.1, -0.05) is 67.7 Å². The largest absolute Gasteiger partial charge is 0.448 e. The number of guanidine groups is 1. The summed E-state index contributed by atoms with van der Waals surface area (Å²) in [6.45, 7) is 2.05. The summed E-state index contributed by atoms with van der Waals surface area (Å²) >= 11 is 3.95. The molecule has 0 aliphatic rings. The lowest BCUT2D eigenvalue weighted by atomic mass is 10.2. The predicted octanol–water partition coefficient (Wildman–Crippen LogP) is 4.80. The van der Waals surface area contributed by atoms with Gasteiger partial charge in [0.15, 0.2) is 5.96 Å². The molecule has 0 unspecified atom stereocenters. The molecule has 12 heteroatoms. The van der Waals surface area contributed by atoms with E-state index in [1.807, 2.05) is 12.2 Å². The highest BCUT2D eigenvalue weighted by atomic mass is 32.1. The summed E-state index contributed by atoms with van der Waals surface area (Å²) in [5, 5.41) is 14.9. The molecule has 0 radical (unpaired) electrons. The third-order valence-electron chi connectivity index (χ3n) is 5.12. The zero-order valence-electron chi connectivity index (χ0n) is 24.8. The first-order valence-electron chi connectivity index (χ1n) is 14.1. The van der Waals surface area contributed by atoms with E-state index in [0.717, 1.165) is 37.0 Å². The molecule has 4 N–H and O–H groups in total. The molecule has 0 heterocycles. The minimum absolute atomic E-state index is 0.0211. The van der Waals surface area contributed by atoms with Crippen molar-refractivity contribution in [3.63, 3.8) is 0 Å². The Morgan fingerprint density at radius 1 is 0.810 bits per heavy atom. The maximum Gasteiger partial charge on any atom is 0.407 e. The first-order chi connectivity index (χ1) is 20.3. The predicted molar refractivity (Wildman–Crippen MR) is 170 cm³/mol. The lowest BCUT2D eigenvalue weighted by Gasteiger charge is -2.19. The molecule has 0 bridgehead atoms. The topological polar surface area (TPSA) is 150 Å². The Bertz CT molecular complexity index is 962. The van der Waals surface area contributed by atoms with E-state index >= 15 is 0 Å². The van der Waals surface area contributed by atoms with Gasteiger partial charge in [0.05, 0.1) is 6.54 Å². The maximum atomic E-state index is 12.0. The van der Waals surface area contributed by atoms with E-state index in [4.69, 9.17) is 14.9 Å². The molecular formula is C30H47N5O6S. The Hall–Kier alpha value is -3.80. The lowest BCUT2D eigenvalue weighted by Crippen LogP contribution is -2.48. The molecule has 0 spiro atoms. The summed E-state index contributed by atoms with van der Waals surface area (Å²) in [6, 6.07) is -0.717. The Kier molecular flexibility index (Phi) is 24.9. The second-order valence-electron chi connectivity index (χ2n) is 8.82. The molecule has 0 saturated heterocycles.